The van der Waals surface area contributed by atoms with Crippen LogP contribution in [0.5, 0.6) is 0 Å². The van der Waals surface area contributed by atoms with Gasteiger partial charge in [0.15, 0.2) is 5.01 Å². The molecule has 0 unspecified atom stereocenters. The molecular formula is C24H31BrClN7O4S. The Hall–Kier alpha value is -2.61. The van der Waals surface area contributed by atoms with Crippen molar-refractivity contribution < 1.29 is 19.2 Å². The van der Waals surface area contributed by atoms with Gasteiger partial charge in [0.2, 0.25) is 5.91 Å². The van der Waals surface area contributed by atoms with Gasteiger partial charge in [0.1, 0.15) is 5.82 Å². The van der Waals surface area contributed by atoms with Crippen LogP contribution in [0.15, 0.2) is 22.8 Å². The summed E-state index contributed by atoms with van der Waals surface area (Å²) in [5.41, 5.74) is 0.945. The first-order valence-corrected chi connectivity index (χ1v) is 13.6. The second-order valence-electron chi connectivity index (χ2n) is 9.60. The van der Waals surface area contributed by atoms with Crippen molar-refractivity contribution >= 4 is 69.1 Å². The maximum Gasteiger partial charge on any atom is 0.314 e. The number of amides is 4. The lowest BCUT2D eigenvalue weighted by atomic mass is 9.81. The van der Waals surface area contributed by atoms with Crippen molar-refractivity contribution in [3.8, 4) is 0 Å². The number of hydrogen-bond donors (Lipinski definition) is 3. The highest BCUT2D eigenvalue weighted by Crippen LogP contribution is 2.28. The van der Waals surface area contributed by atoms with E-state index in [1.165, 1.54) is 22.4 Å². The first-order valence-electron chi connectivity index (χ1n) is 12.0. The molecule has 1 aliphatic carbocycles. The molecule has 3 N–H and O–H groups in total. The Morgan fingerprint density at radius 1 is 1.11 bits per heavy atom. The lowest BCUT2D eigenvalue weighted by molar-refractivity contribution is -0.137. The number of hydrogen-bond acceptors (Lipinski definition) is 8. The average Bonchev–Trinajstić information content (AvgIpc) is 3.29. The molecule has 1 saturated carbocycles. The summed E-state index contributed by atoms with van der Waals surface area (Å²) in [5, 5.41) is 8.58. The highest BCUT2D eigenvalue weighted by Gasteiger charge is 2.37. The van der Waals surface area contributed by atoms with Crippen LogP contribution < -0.4 is 16.0 Å². The van der Waals surface area contributed by atoms with Crippen LogP contribution >= 0.6 is 39.7 Å². The number of pyridine rings is 1. The summed E-state index contributed by atoms with van der Waals surface area (Å²) in [6.45, 7) is 1.64. The summed E-state index contributed by atoms with van der Waals surface area (Å²) in [6, 6.07) is 2.21. The first kappa shape index (κ1) is 29.9. The monoisotopic (exact) mass is 627 g/mol. The minimum absolute atomic E-state index is 0. The van der Waals surface area contributed by atoms with Gasteiger partial charge in [-0.05, 0) is 54.4 Å². The summed E-state index contributed by atoms with van der Waals surface area (Å²) in [4.78, 5) is 64.4. The molecule has 2 aliphatic rings. The fourth-order valence-electron chi connectivity index (χ4n) is 4.60. The van der Waals surface area contributed by atoms with E-state index in [1.807, 2.05) is 7.05 Å². The van der Waals surface area contributed by atoms with E-state index in [0.717, 1.165) is 34.6 Å². The van der Waals surface area contributed by atoms with Crippen molar-refractivity contribution in [3.63, 3.8) is 0 Å². The lowest BCUT2D eigenvalue weighted by Crippen LogP contribution is -2.57. The molecule has 4 amide bonds. The summed E-state index contributed by atoms with van der Waals surface area (Å²) in [5.74, 6) is -2.12. The Morgan fingerprint density at radius 2 is 1.87 bits per heavy atom. The molecule has 0 saturated heterocycles. The van der Waals surface area contributed by atoms with E-state index in [0.29, 0.717) is 24.3 Å². The van der Waals surface area contributed by atoms with Crippen molar-refractivity contribution in [3.05, 3.63) is 38.4 Å². The van der Waals surface area contributed by atoms with Crippen LogP contribution in [0, 0.1) is 5.92 Å². The number of thiazole rings is 1. The molecule has 0 radical (unpaired) electrons. The van der Waals surface area contributed by atoms with Crippen molar-refractivity contribution in [2.45, 2.75) is 44.3 Å². The smallest absolute Gasteiger partial charge is 0.314 e. The summed E-state index contributed by atoms with van der Waals surface area (Å²) in [6.07, 6.45) is 3.61. The van der Waals surface area contributed by atoms with E-state index in [4.69, 9.17) is 0 Å². The molecule has 0 aromatic carbocycles. The fraction of sp³-hybridized carbons (Fsp3) is 0.500. The number of anilines is 1. The highest BCUT2D eigenvalue weighted by molar-refractivity contribution is 9.10. The van der Waals surface area contributed by atoms with Gasteiger partial charge < -0.3 is 25.8 Å². The average molecular weight is 629 g/mol. The molecule has 0 spiro atoms. The topological polar surface area (TPSA) is 137 Å². The molecule has 2 aromatic heterocycles. The third-order valence-electron chi connectivity index (χ3n) is 6.56. The minimum Gasteiger partial charge on any atom is -0.349 e. The van der Waals surface area contributed by atoms with Gasteiger partial charge in [-0.15, -0.1) is 23.7 Å². The van der Waals surface area contributed by atoms with Crippen LogP contribution in [0.1, 0.15) is 39.6 Å². The largest absolute Gasteiger partial charge is 0.349 e. The number of halogens is 2. The third-order valence-corrected chi connectivity index (χ3v) is 8.12. The van der Waals surface area contributed by atoms with Crippen molar-refractivity contribution in [2.24, 2.45) is 5.92 Å². The van der Waals surface area contributed by atoms with E-state index >= 15 is 0 Å². The summed E-state index contributed by atoms with van der Waals surface area (Å²) in [7, 11) is 5.42. The van der Waals surface area contributed by atoms with E-state index in [2.05, 4.69) is 46.7 Å². The van der Waals surface area contributed by atoms with Gasteiger partial charge in [-0.1, -0.05) is 0 Å². The normalized spacial score (nSPS) is 20.9. The zero-order chi connectivity index (χ0) is 26.7. The molecule has 1 aliphatic heterocycles. The Morgan fingerprint density at radius 3 is 2.55 bits per heavy atom. The van der Waals surface area contributed by atoms with E-state index < -0.39 is 23.9 Å². The minimum atomic E-state index is -0.858. The molecular weight excluding hydrogens is 598 g/mol. The van der Waals surface area contributed by atoms with E-state index in [9.17, 15) is 19.2 Å². The number of rotatable bonds is 5. The number of carbonyl (C=O) groups excluding carboxylic acids is 4. The van der Waals surface area contributed by atoms with Crippen LogP contribution in [-0.2, 0) is 27.3 Å². The quantitative estimate of drug-likeness (QED) is 0.430. The zero-order valence-corrected chi connectivity index (χ0v) is 24.5. The number of carbonyl (C=O) groups is 4. The predicted molar refractivity (Wildman–Crippen MR) is 149 cm³/mol. The number of nitrogens with zero attached hydrogens (tertiary/aromatic N) is 4. The summed E-state index contributed by atoms with van der Waals surface area (Å²) >= 11 is 4.64. The SMILES string of the molecule is CN1CCc2nc(C(=O)N[C@@H]3C[C@@H](C(=O)N(C)C)CC[C@@H]3NC(=O)C(=O)Nc3ccc(Br)cn3)sc2C1.Cl. The van der Waals surface area contributed by atoms with Crippen LogP contribution in [0.4, 0.5) is 5.82 Å². The van der Waals surface area contributed by atoms with Gasteiger partial charge in [-0.3, -0.25) is 19.2 Å². The molecule has 38 heavy (non-hydrogen) atoms. The summed E-state index contributed by atoms with van der Waals surface area (Å²) < 4.78 is 0.741. The van der Waals surface area contributed by atoms with Gasteiger partial charge in [-0.25, -0.2) is 9.97 Å². The Labute approximate surface area is 239 Å². The molecule has 11 nitrogen and oxygen atoms in total. The van der Waals surface area contributed by atoms with Gasteiger partial charge in [-0.2, -0.15) is 0 Å². The second-order valence-corrected chi connectivity index (χ2v) is 11.6. The Kier molecular flexibility index (Phi) is 10.2. The molecule has 206 valence electrons. The van der Waals surface area contributed by atoms with Gasteiger partial charge in [0.05, 0.1) is 11.7 Å². The number of fused-ring (bicyclic) bond motifs is 1. The van der Waals surface area contributed by atoms with Gasteiger partial charge in [0, 0.05) is 61.1 Å². The number of nitrogens with one attached hydrogen (secondary N) is 3. The van der Waals surface area contributed by atoms with Crippen molar-refractivity contribution in [1.82, 2.24) is 30.4 Å². The number of aromatic nitrogens is 2. The van der Waals surface area contributed by atoms with Crippen LogP contribution in [0.25, 0.3) is 0 Å². The second kappa shape index (κ2) is 13.0. The van der Waals surface area contributed by atoms with Gasteiger partial charge >= 0.3 is 11.8 Å². The van der Waals surface area contributed by atoms with E-state index in [1.54, 1.807) is 26.2 Å². The van der Waals surface area contributed by atoms with Gasteiger partial charge in [0.25, 0.3) is 5.91 Å². The molecule has 0 bridgehead atoms. The third kappa shape index (κ3) is 7.28. The highest BCUT2D eigenvalue weighted by atomic mass is 79.9. The van der Waals surface area contributed by atoms with Crippen LogP contribution in [0.2, 0.25) is 0 Å². The lowest BCUT2D eigenvalue weighted by Gasteiger charge is -2.37. The zero-order valence-electron chi connectivity index (χ0n) is 21.3. The maximum atomic E-state index is 13.2. The van der Waals surface area contributed by atoms with Crippen LogP contribution in [0.3, 0.4) is 0 Å². The van der Waals surface area contributed by atoms with Crippen molar-refractivity contribution in [2.75, 3.05) is 33.0 Å². The first-order chi connectivity index (χ1) is 17.6. The maximum absolute atomic E-state index is 13.2. The molecule has 3 heterocycles. The molecule has 14 heteroatoms. The molecule has 3 atom stereocenters. The molecule has 1 fully saturated rings. The standard InChI is InChI=1S/C24H30BrN7O4S.ClH/c1-31(2)24(36)13-4-6-15(27-20(33)21(34)30-19-7-5-14(25)11-26-19)17(10-13)28-22(35)23-29-16-8-9-32(3)12-18(16)37-23;/h5,7,11,13,15,17H,4,6,8-10,12H2,1-3H3,(H,27,33)(H,28,35)(H,26,30,34);1H/t13-,15-,17+;/m0./s1. The fourth-order valence-corrected chi connectivity index (χ4v) is 5.93. The molecule has 4 rings (SSSR count). The number of likely N-dealkylation sites (N-methyl/N-ethyl adjacent to an activating group) is 1. The van der Waals surface area contributed by atoms with Crippen molar-refractivity contribution in [1.29, 1.82) is 0 Å². The molecule has 2 aromatic rings. The Balaban J connectivity index is 0.00000400. The van der Waals surface area contributed by atoms with Crippen LogP contribution in [-0.4, -0.2) is 83.2 Å². The van der Waals surface area contributed by atoms with E-state index in [-0.39, 0.29) is 36.0 Å². The predicted octanol–water partition coefficient (Wildman–Crippen LogP) is 1.82. The Bertz CT molecular complexity index is 1190.